The van der Waals surface area contributed by atoms with E-state index >= 15 is 0 Å². The number of halogens is 2. The first-order chi connectivity index (χ1) is 9.68. The second-order valence-electron chi connectivity index (χ2n) is 5.36. The third-order valence-electron chi connectivity index (χ3n) is 4.18. The zero-order valence-electron chi connectivity index (χ0n) is 11.1. The van der Waals surface area contributed by atoms with E-state index in [2.05, 4.69) is 15.9 Å². The Kier molecular flexibility index (Phi) is 4.08. The number of fused-ring (bicyclic) bond motifs is 1. The number of morpholine rings is 1. The van der Waals surface area contributed by atoms with Gasteiger partial charge >= 0.3 is 0 Å². The molecule has 3 nitrogen and oxygen atoms in total. The van der Waals surface area contributed by atoms with Crippen LogP contribution in [0, 0.1) is 5.82 Å². The highest BCUT2D eigenvalue weighted by Gasteiger charge is 2.37. The quantitative estimate of drug-likeness (QED) is 0.783. The van der Waals surface area contributed by atoms with Crippen molar-refractivity contribution in [3.8, 4) is 0 Å². The first-order valence-electron chi connectivity index (χ1n) is 7.05. The molecule has 0 aromatic heterocycles. The van der Waals surface area contributed by atoms with E-state index in [1.165, 1.54) is 0 Å². The lowest BCUT2D eigenvalue weighted by Crippen LogP contribution is -2.55. The van der Waals surface area contributed by atoms with E-state index in [4.69, 9.17) is 4.74 Å². The van der Waals surface area contributed by atoms with Gasteiger partial charge in [-0.1, -0.05) is 18.9 Å². The van der Waals surface area contributed by atoms with Crippen LogP contribution in [-0.2, 0) is 4.74 Å². The summed E-state index contributed by atoms with van der Waals surface area (Å²) in [6.07, 6.45) is 4.32. The van der Waals surface area contributed by atoms with E-state index in [1.54, 1.807) is 23.1 Å². The molecule has 1 amide bonds. The van der Waals surface area contributed by atoms with Gasteiger partial charge in [-0.15, -0.1) is 0 Å². The molecule has 20 heavy (non-hydrogen) atoms. The standard InChI is InChI=1S/C15H17BrFNO2/c16-11-5-3-4-10(14(11)17)15(19)18-8-9-20-13-7-2-1-6-12(13)18/h3-5,12-13H,1-2,6-9H2. The van der Waals surface area contributed by atoms with Gasteiger partial charge in [0.05, 0.1) is 28.8 Å². The molecule has 0 bridgehead atoms. The molecule has 1 aromatic carbocycles. The van der Waals surface area contributed by atoms with Crippen molar-refractivity contribution in [2.75, 3.05) is 13.2 Å². The molecule has 1 saturated heterocycles. The number of hydrogen-bond acceptors (Lipinski definition) is 2. The monoisotopic (exact) mass is 341 g/mol. The molecule has 1 aliphatic carbocycles. The van der Waals surface area contributed by atoms with Crippen LogP contribution in [0.15, 0.2) is 22.7 Å². The molecule has 0 radical (unpaired) electrons. The first-order valence-corrected chi connectivity index (χ1v) is 7.84. The number of benzene rings is 1. The maximum absolute atomic E-state index is 14.1. The van der Waals surface area contributed by atoms with Gasteiger partial charge in [0.25, 0.3) is 5.91 Å². The van der Waals surface area contributed by atoms with Gasteiger partial charge in [-0.25, -0.2) is 4.39 Å². The summed E-state index contributed by atoms with van der Waals surface area (Å²) < 4.78 is 20.2. The fraction of sp³-hybridized carbons (Fsp3) is 0.533. The summed E-state index contributed by atoms with van der Waals surface area (Å²) >= 11 is 3.14. The molecule has 0 N–H and O–H groups in total. The number of nitrogens with zero attached hydrogens (tertiary/aromatic N) is 1. The van der Waals surface area contributed by atoms with Crippen LogP contribution >= 0.6 is 15.9 Å². The van der Waals surface area contributed by atoms with Crippen LogP contribution in [0.5, 0.6) is 0 Å². The lowest BCUT2D eigenvalue weighted by atomic mass is 9.89. The molecule has 3 rings (SSSR count). The molecule has 108 valence electrons. The lowest BCUT2D eigenvalue weighted by molar-refractivity contribution is -0.0753. The molecule has 0 spiro atoms. The van der Waals surface area contributed by atoms with E-state index in [0.717, 1.165) is 25.7 Å². The number of ether oxygens (including phenoxy) is 1. The van der Waals surface area contributed by atoms with Crippen molar-refractivity contribution < 1.29 is 13.9 Å². The first kappa shape index (κ1) is 14.0. The van der Waals surface area contributed by atoms with Gasteiger partial charge in [0.1, 0.15) is 5.82 Å². The minimum absolute atomic E-state index is 0.100. The molecule has 2 atom stereocenters. The van der Waals surface area contributed by atoms with E-state index in [0.29, 0.717) is 17.6 Å². The zero-order chi connectivity index (χ0) is 14.1. The summed E-state index contributed by atoms with van der Waals surface area (Å²) in [5.74, 6) is -0.694. The van der Waals surface area contributed by atoms with Crippen molar-refractivity contribution in [1.29, 1.82) is 0 Å². The normalized spacial score (nSPS) is 26.2. The summed E-state index contributed by atoms with van der Waals surface area (Å²) in [5.41, 5.74) is 0.144. The topological polar surface area (TPSA) is 29.5 Å². The summed E-state index contributed by atoms with van der Waals surface area (Å²) in [4.78, 5) is 14.4. The van der Waals surface area contributed by atoms with Crippen LogP contribution < -0.4 is 0 Å². The van der Waals surface area contributed by atoms with Gasteiger partial charge in [-0.2, -0.15) is 0 Å². The second-order valence-corrected chi connectivity index (χ2v) is 6.22. The van der Waals surface area contributed by atoms with Gasteiger partial charge in [0, 0.05) is 6.54 Å². The number of carbonyl (C=O) groups is 1. The molecule has 1 heterocycles. The Balaban J connectivity index is 1.87. The molecule has 1 aromatic rings. The number of rotatable bonds is 1. The van der Waals surface area contributed by atoms with Gasteiger partial charge in [0.2, 0.25) is 0 Å². The Labute approximate surface area is 126 Å². The Morgan fingerprint density at radius 1 is 1.35 bits per heavy atom. The van der Waals surface area contributed by atoms with E-state index in [9.17, 15) is 9.18 Å². The maximum atomic E-state index is 14.1. The van der Waals surface area contributed by atoms with Crippen LogP contribution in [0.1, 0.15) is 36.0 Å². The van der Waals surface area contributed by atoms with Crippen LogP contribution in [0.25, 0.3) is 0 Å². The molecule has 1 saturated carbocycles. The Bertz CT molecular complexity index is 521. The van der Waals surface area contributed by atoms with Gasteiger partial charge < -0.3 is 9.64 Å². The fourth-order valence-corrected chi connectivity index (χ4v) is 3.54. The zero-order valence-corrected chi connectivity index (χ0v) is 12.7. The van der Waals surface area contributed by atoms with E-state index in [1.807, 2.05) is 0 Å². The van der Waals surface area contributed by atoms with Crippen molar-refractivity contribution in [2.24, 2.45) is 0 Å². The number of carbonyl (C=O) groups excluding carboxylic acids is 1. The largest absolute Gasteiger partial charge is 0.374 e. The minimum Gasteiger partial charge on any atom is -0.374 e. The van der Waals surface area contributed by atoms with Crippen LogP contribution in [0.2, 0.25) is 0 Å². The summed E-state index contributed by atoms with van der Waals surface area (Å²) in [6, 6.07) is 4.95. The van der Waals surface area contributed by atoms with Gasteiger partial charge in [0.15, 0.2) is 0 Å². The van der Waals surface area contributed by atoms with Crippen molar-refractivity contribution >= 4 is 21.8 Å². The predicted molar refractivity (Wildman–Crippen MR) is 77.1 cm³/mol. The van der Waals surface area contributed by atoms with E-state index in [-0.39, 0.29) is 23.6 Å². The Morgan fingerprint density at radius 2 is 2.15 bits per heavy atom. The second kappa shape index (κ2) is 5.82. The van der Waals surface area contributed by atoms with Crippen molar-refractivity contribution in [3.63, 3.8) is 0 Å². The molecule has 2 fully saturated rings. The highest BCUT2D eigenvalue weighted by molar-refractivity contribution is 9.10. The molecular formula is C15H17BrFNO2. The molecule has 2 unspecified atom stereocenters. The Hall–Kier alpha value is -0.940. The summed E-state index contributed by atoms with van der Waals surface area (Å²) in [7, 11) is 0. The molecular weight excluding hydrogens is 325 g/mol. The van der Waals surface area contributed by atoms with Crippen LogP contribution in [0.4, 0.5) is 4.39 Å². The third kappa shape index (κ3) is 2.49. The van der Waals surface area contributed by atoms with Crippen molar-refractivity contribution in [2.45, 2.75) is 37.8 Å². The van der Waals surface area contributed by atoms with Crippen molar-refractivity contribution in [3.05, 3.63) is 34.1 Å². The van der Waals surface area contributed by atoms with Gasteiger partial charge in [-0.05, 0) is 40.9 Å². The third-order valence-corrected chi connectivity index (χ3v) is 4.79. The molecule has 2 aliphatic rings. The number of hydrogen-bond donors (Lipinski definition) is 0. The lowest BCUT2D eigenvalue weighted by Gasteiger charge is -2.43. The van der Waals surface area contributed by atoms with Crippen molar-refractivity contribution in [1.82, 2.24) is 4.90 Å². The van der Waals surface area contributed by atoms with Crippen LogP contribution in [-0.4, -0.2) is 36.1 Å². The predicted octanol–water partition coefficient (Wildman–Crippen LogP) is 3.37. The maximum Gasteiger partial charge on any atom is 0.257 e. The SMILES string of the molecule is O=C(c1cccc(Br)c1F)N1CCOC2CCCCC21. The smallest absolute Gasteiger partial charge is 0.257 e. The highest BCUT2D eigenvalue weighted by atomic mass is 79.9. The fourth-order valence-electron chi connectivity index (χ4n) is 3.17. The van der Waals surface area contributed by atoms with E-state index < -0.39 is 5.82 Å². The van der Waals surface area contributed by atoms with Crippen LogP contribution in [0.3, 0.4) is 0 Å². The number of amides is 1. The highest BCUT2D eigenvalue weighted by Crippen LogP contribution is 2.30. The molecule has 5 heteroatoms. The minimum atomic E-state index is -0.476. The summed E-state index contributed by atoms with van der Waals surface area (Å²) in [5, 5.41) is 0. The van der Waals surface area contributed by atoms with Gasteiger partial charge in [-0.3, -0.25) is 4.79 Å². The average molecular weight is 342 g/mol. The summed E-state index contributed by atoms with van der Waals surface area (Å²) in [6.45, 7) is 1.09. The molecule has 1 aliphatic heterocycles. The average Bonchev–Trinajstić information content (AvgIpc) is 2.49. The Morgan fingerprint density at radius 3 is 3.00 bits per heavy atom.